The molecule has 0 bridgehead atoms. The van der Waals surface area contributed by atoms with E-state index in [1.165, 1.54) is 5.06 Å². The first-order valence-corrected chi connectivity index (χ1v) is 8.68. The summed E-state index contributed by atoms with van der Waals surface area (Å²) in [6.07, 6.45) is 2.70. The van der Waals surface area contributed by atoms with E-state index >= 15 is 0 Å². The first-order chi connectivity index (χ1) is 9.43. The molecule has 0 N–H and O–H groups in total. The molecule has 2 rings (SSSR count). The van der Waals surface area contributed by atoms with Crippen molar-refractivity contribution in [1.82, 2.24) is 9.97 Å². The van der Waals surface area contributed by atoms with Crippen LogP contribution in [0.4, 0.5) is 5.82 Å². The Labute approximate surface area is 128 Å². The molecule has 0 saturated heterocycles. The van der Waals surface area contributed by atoms with Crippen molar-refractivity contribution < 1.29 is 12.7 Å². The Morgan fingerprint density at radius 2 is 2.10 bits per heavy atom. The number of hydroxylamine groups is 1. The van der Waals surface area contributed by atoms with Gasteiger partial charge in [-0.05, 0) is 30.9 Å². The van der Waals surface area contributed by atoms with Crippen LogP contribution >= 0.6 is 23.2 Å². The lowest BCUT2D eigenvalue weighted by Gasteiger charge is -2.28. The van der Waals surface area contributed by atoms with Crippen molar-refractivity contribution in [3.05, 3.63) is 16.0 Å². The lowest BCUT2D eigenvalue weighted by molar-refractivity contribution is 0.271. The van der Waals surface area contributed by atoms with Gasteiger partial charge in [0, 0.05) is 12.1 Å². The van der Waals surface area contributed by atoms with Crippen molar-refractivity contribution in [1.29, 1.82) is 0 Å². The zero-order chi connectivity index (χ0) is 14.8. The predicted octanol–water partition coefficient (Wildman–Crippen LogP) is 2.60. The fourth-order valence-electron chi connectivity index (χ4n) is 1.92. The maximum absolute atomic E-state index is 11.9. The van der Waals surface area contributed by atoms with Crippen molar-refractivity contribution in [2.24, 2.45) is 0 Å². The van der Waals surface area contributed by atoms with E-state index in [1.54, 1.807) is 0 Å². The van der Waals surface area contributed by atoms with Gasteiger partial charge < -0.3 is 0 Å². The highest BCUT2D eigenvalue weighted by atomic mass is 35.5. The molecule has 2 heterocycles. The molecule has 1 aliphatic heterocycles. The molecule has 20 heavy (non-hydrogen) atoms. The standard InChI is InChI=1S/C11H15Cl2N3O3S/c1-2-3-7-20(17,18)19-16-6-4-5-8-9(12)14-11(13)15-10(8)16/h2-7H2,1H3. The van der Waals surface area contributed by atoms with E-state index in [0.717, 1.165) is 6.42 Å². The normalized spacial score (nSPS) is 15.2. The third kappa shape index (κ3) is 3.72. The number of rotatable bonds is 5. The van der Waals surface area contributed by atoms with E-state index in [2.05, 4.69) is 9.97 Å². The molecule has 112 valence electrons. The van der Waals surface area contributed by atoms with Crippen molar-refractivity contribution >= 4 is 39.1 Å². The second kappa shape index (κ2) is 6.43. The molecular weight excluding hydrogens is 325 g/mol. The third-order valence-corrected chi connectivity index (χ3v) is 4.56. The van der Waals surface area contributed by atoms with Crippen LogP contribution < -0.4 is 5.06 Å². The SMILES string of the molecule is CCCCS(=O)(=O)ON1CCCc2c(Cl)nc(Cl)nc21. The van der Waals surface area contributed by atoms with Crippen molar-refractivity contribution in [3.8, 4) is 0 Å². The number of hydrogen-bond donors (Lipinski definition) is 0. The quantitative estimate of drug-likeness (QED) is 0.606. The Hall–Kier alpha value is -0.630. The lowest BCUT2D eigenvalue weighted by atomic mass is 10.1. The Balaban J connectivity index is 2.25. The van der Waals surface area contributed by atoms with Gasteiger partial charge in [-0.15, -0.1) is 4.28 Å². The van der Waals surface area contributed by atoms with Gasteiger partial charge in [0.2, 0.25) is 5.28 Å². The Morgan fingerprint density at radius 1 is 1.35 bits per heavy atom. The number of anilines is 1. The molecule has 1 aliphatic rings. The molecule has 0 atom stereocenters. The van der Waals surface area contributed by atoms with Crippen molar-refractivity contribution in [2.75, 3.05) is 17.4 Å². The molecule has 0 spiro atoms. The number of aromatic nitrogens is 2. The zero-order valence-corrected chi connectivity index (χ0v) is 13.3. The number of fused-ring (bicyclic) bond motifs is 1. The van der Waals surface area contributed by atoms with Gasteiger partial charge in [-0.25, -0.2) is 10.0 Å². The molecule has 6 nitrogen and oxygen atoms in total. The van der Waals surface area contributed by atoms with Gasteiger partial charge in [0.1, 0.15) is 5.15 Å². The summed E-state index contributed by atoms with van der Waals surface area (Å²) in [5.74, 6) is 0.309. The molecule has 0 amide bonds. The van der Waals surface area contributed by atoms with Crippen LogP contribution in [0.15, 0.2) is 0 Å². The predicted molar refractivity (Wildman–Crippen MR) is 77.5 cm³/mol. The van der Waals surface area contributed by atoms with Crippen LogP contribution in [-0.2, 0) is 20.8 Å². The smallest absolute Gasteiger partial charge is 0.218 e. The first kappa shape index (κ1) is 15.8. The maximum Gasteiger partial charge on any atom is 0.288 e. The molecule has 0 aliphatic carbocycles. The zero-order valence-electron chi connectivity index (χ0n) is 11.0. The second-order valence-electron chi connectivity index (χ2n) is 4.48. The van der Waals surface area contributed by atoms with E-state index in [-0.39, 0.29) is 16.2 Å². The van der Waals surface area contributed by atoms with E-state index in [9.17, 15) is 8.42 Å². The monoisotopic (exact) mass is 339 g/mol. The van der Waals surface area contributed by atoms with Gasteiger partial charge in [-0.3, -0.25) is 0 Å². The average Bonchev–Trinajstić information content (AvgIpc) is 2.37. The van der Waals surface area contributed by atoms with Crippen LogP contribution in [0.3, 0.4) is 0 Å². The van der Waals surface area contributed by atoms with Crippen LogP contribution in [0, 0.1) is 0 Å². The van der Waals surface area contributed by atoms with Gasteiger partial charge in [0.05, 0.1) is 5.75 Å². The van der Waals surface area contributed by atoms with Gasteiger partial charge >= 0.3 is 0 Å². The van der Waals surface area contributed by atoms with Crippen LogP contribution in [0.25, 0.3) is 0 Å². The minimum atomic E-state index is -3.63. The van der Waals surface area contributed by atoms with E-state index in [0.29, 0.717) is 37.2 Å². The molecular formula is C11H15Cl2N3O3S. The van der Waals surface area contributed by atoms with Crippen LogP contribution in [-0.4, -0.2) is 30.7 Å². The highest BCUT2D eigenvalue weighted by Gasteiger charge is 2.27. The summed E-state index contributed by atoms with van der Waals surface area (Å²) >= 11 is 11.8. The summed E-state index contributed by atoms with van der Waals surface area (Å²) in [5.41, 5.74) is 0.660. The fraction of sp³-hybridized carbons (Fsp3) is 0.636. The summed E-state index contributed by atoms with van der Waals surface area (Å²) in [7, 11) is -3.63. The third-order valence-electron chi connectivity index (χ3n) is 2.88. The molecule has 0 saturated carbocycles. The van der Waals surface area contributed by atoms with Crippen LogP contribution in [0.2, 0.25) is 10.4 Å². The van der Waals surface area contributed by atoms with Crippen molar-refractivity contribution in [3.63, 3.8) is 0 Å². The highest BCUT2D eigenvalue weighted by molar-refractivity contribution is 7.86. The molecule has 0 fully saturated rings. The Morgan fingerprint density at radius 3 is 2.80 bits per heavy atom. The van der Waals surface area contributed by atoms with Gasteiger partial charge in [0.25, 0.3) is 10.1 Å². The van der Waals surface area contributed by atoms with Crippen LogP contribution in [0.1, 0.15) is 31.7 Å². The lowest BCUT2D eigenvalue weighted by Crippen LogP contribution is -2.34. The summed E-state index contributed by atoms with van der Waals surface area (Å²) < 4.78 is 28.8. The molecule has 9 heteroatoms. The van der Waals surface area contributed by atoms with Gasteiger partial charge in [-0.2, -0.15) is 13.4 Å². The van der Waals surface area contributed by atoms with E-state index in [1.807, 2.05) is 6.92 Å². The summed E-state index contributed by atoms with van der Waals surface area (Å²) in [4.78, 5) is 7.88. The van der Waals surface area contributed by atoms with E-state index < -0.39 is 10.1 Å². The molecule has 0 radical (unpaired) electrons. The van der Waals surface area contributed by atoms with Gasteiger partial charge in [0.15, 0.2) is 5.82 Å². The summed E-state index contributed by atoms with van der Waals surface area (Å²) in [6, 6.07) is 0. The Kier molecular flexibility index (Phi) is 5.06. The number of halogens is 2. The molecule has 0 unspecified atom stereocenters. The summed E-state index contributed by atoms with van der Waals surface area (Å²) in [6.45, 7) is 2.33. The van der Waals surface area contributed by atoms with Crippen LogP contribution in [0.5, 0.6) is 0 Å². The minimum absolute atomic E-state index is 0.0259. The summed E-state index contributed by atoms with van der Waals surface area (Å²) in [5, 5.41) is 1.44. The molecule has 0 aromatic carbocycles. The second-order valence-corrected chi connectivity index (χ2v) is 6.85. The van der Waals surface area contributed by atoms with Gasteiger partial charge in [-0.1, -0.05) is 24.9 Å². The Bertz CT molecular complexity index is 595. The highest BCUT2D eigenvalue weighted by Crippen LogP contribution is 2.31. The number of unbranched alkanes of at least 4 members (excludes halogenated alkanes) is 1. The maximum atomic E-state index is 11.9. The number of nitrogens with zero attached hydrogens (tertiary/aromatic N) is 3. The average molecular weight is 340 g/mol. The van der Waals surface area contributed by atoms with E-state index in [4.69, 9.17) is 27.5 Å². The largest absolute Gasteiger partial charge is 0.288 e. The first-order valence-electron chi connectivity index (χ1n) is 6.34. The fourth-order valence-corrected chi connectivity index (χ4v) is 3.52. The molecule has 1 aromatic rings. The molecule has 1 aromatic heterocycles. The topological polar surface area (TPSA) is 72.4 Å². The minimum Gasteiger partial charge on any atom is -0.218 e. The number of hydrogen-bond acceptors (Lipinski definition) is 6. The van der Waals surface area contributed by atoms with Crippen molar-refractivity contribution in [2.45, 2.75) is 32.6 Å².